The third-order valence-corrected chi connectivity index (χ3v) is 4.61. The molecule has 4 amide bonds. The van der Waals surface area contributed by atoms with Gasteiger partial charge in [-0.05, 0) is 17.0 Å². The van der Waals surface area contributed by atoms with Crippen molar-refractivity contribution in [3.63, 3.8) is 0 Å². The van der Waals surface area contributed by atoms with Crippen molar-refractivity contribution in [2.75, 3.05) is 6.54 Å². The van der Waals surface area contributed by atoms with Gasteiger partial charge in [0.1, 0.15) is 12.6 Å². The smallest absolute Gasteiger partial charge is 0.325 e. The highest BCUT2D eigenvalue weighted by Crippen LogP contribution is 2.12. The molecule has 1 aliphatic heterocycles. The van der Waals surface area contributed by atoms with Crippen molar-refractivity contribution in [3.8, 4) is 0 Å². The molecule has 2 N–H and O–H groups in total. The molecule has 7 heteroatoms. The molecule has 1 fully saturated rings. The molecule has 2 heterocycles. The van der Waals surface area contributed by atoms with Gasteiger partial charge in [0.2, 0.25) is 5.91 Å². The second-order valence-corrected chi connectivity index (χ2v) is 6.50. The Morgan fingerprint density at radius 1 is 1.17 bits per heavy atom. The van der Waals surface area contributed by atoms with Gasteiger partial charge in [0.15, 0.2) is 0 Å². The van der Waals surface area contributed by atoms with Crippen LogP contribution in [-0.2, 0) is 22.6 Å². The van der Waals surface area contributed by atoms with Crippen molar-refractivity contribution in [1.29, 1.82) is 0 Å². The molecule has 1 aliphatic rings. The third-order valence-electron chi connectivity index (χ3n) is 3.73. The van der Waals surface area contributed by atoms with Crippen LogP contribution in [0.2, 0.25) is 0 Å². The largest absolute Gasteiger partial charge is 0.350 e. The Morgan fingerprint density at radius 2 is 1.96 bits per heavy atom. The molecule has 24 heavy (non-hydrogen) atoms. The molecule has 1 aromatic heterocycles. The lowest BCUT2D eigenvalue weighted by molar-refractivity contribution is -0.132. The lowest BCUT2D eigenvalue weighted by Crippen LogP contribution is -2.41. The number of thiophene rings is 1. The Hall–Kier alpha value is -2.67. The first-order chi connectivity index (χ1) is 11.6. The zero-order valence-corrected chi connectivity index (χ0v) is 13.7. The van der Waals surface area contributed by atoms with Gasteiger partial charge >= 0.3 is 6.03 Å². The summed E-state index contributed by atoms with van der Waals surface area (Å²) in [5, 5.41) is 7.28. The van der Waals surface area contributed by atoms with Gasteiger partial charge < -0.3 is 10.6 Å². The Kier molecular flexibility index (Phi) is 4.90. The quantitative estimate of drug-likeness (QED) is 0.781. The first-order valence-corrected chi connectivity index (χ1v) is 8.46. The van der Waals surface area contributed by atoms with E-state index in [0.717, 1.165) is 15.3 Å². The summed E-state index contributed by atoms with van der Waals surface area (Å²) >= 11 is 1.54. The average Bonchev–Trinajstić information content (AvgIpc) is 3.18. The van der Waals surface area contributed by atoms with Gasteiger partial charge in [0.05, 0.1) is 6.54 Å². The van der Waals surface area contributed by atoms with E-state index in [0.29, 0.717) is 13.0 Å². The van der Waals surface area contributed by atoms with Crippen molar-refractivity contribution >= 4 is 29.2 Å². The van der Waals surface area contributed by atoms with Gasteiger partial charge in [-0.15, -0.1) is 11.3 Å². The van der Waals surface area contributed by atoms with Crippen molar-refractivity contribution in [2.24, 2.45) is 0 Å². The minimum Gasteiger partial charge on any atom is -0.350 e. The fourth-order valence-electron chi connectivity index (χ4n) is 2.51. The monoisotopic (exact) mass is 343 g/mol. The number of urea groups is 1. The molecule has 124 valence electrons. The van der Waals surface area contributed by atoms with Crippen LogP contribution in [0, 0.1) is 0 Å². The highest BCUT2D eigenvalue weighted by atomic mass is 32.1. The lowest BCUT2D eigenvalue weighted by Gasteiger charge is -2.12. The van der Waals surface area contributed by atoms with Gasteiger partial charge in [-0.1, -0.05) is 36.4 Å². The van der Waals surface area contributed by atoms with Crippen molar-refractivity contribution in [2.45, 2.75) is 19.0 Å². The van der Waals surface area contributed by atoms with Crippen LogP contribution in [0.5, 0.6) is 0 Å². The van der Waals surface area contributed by atoms with Crippen molar-refractivity contribution in [1.82, 2.24) is 15.5 Å². The summed E-state index contributed by atoms with van der Waals surface area (Å²) in [4.78, 5) is 38.3. The average molecular weight is 343 g/mol. The van der Waals surface area contributed by atoms with Gasteiger partial charge in [0, 0.05) is 11.3 Å². The molecule has 1 aromatic carbocycles. The molecule has 0 spiro atoms. The van der Waals surface area contributed by atoms with E-state index in [2.05, 4.69) is 10.6 Å². The lowest BCUT2D eigenvalue weighted by atomic mass is 10.1. The van der Waals surface area contributed by atoms with E-state index in [1.165, 1.54) is 11.3 Å². The molecular weight excluding hydrogens is 326 g/mol. The standard InChI is InChI=1S/C17H17N3O3S/c21-15(18-10-13-7-4-8-24-13)11-20-16(22)14(19-17(20)23)9-12-5-2-1-3-6-12/h1-8,14H,9-11H2,(H,18,21)(H,19,23)/t14-/m0/s1. The summed E-state index contributed by atoms with van der Waals surface area (Å²) in [6.45, 7) is 0.134. The summed E-state index contributed by atoms with van der Waals surface area (Å²) in [5.74, 6) is -0.720. The van der Waals surface area contributed by atoms with Crippen LogP contribution in [-0.4, -0.2) is 35.3 Å². The number of carbonyl (C=O) groups is 3. The molecule has 3 rings (SSSR count). The summed E-state index contributed by atoms with van der Waals surface area (Å²) in [6.07, 6.45) is 0.415. The summed E-state index contributed by atoms with van der Waals surface area (Å²) in [5.41, 5.74) is 0.958. The van der Waals surface area contributed by atoms with Crippen LogP contribution in [0.3, 0.4) is 0 Å². The Labute approximate surface area is 143 Å². The van der Waals surface area contributed by atoms with Gasteiger partial charge in [0.25, 0.3) is 5.91 Å². The van der Waals surface area contributed by atoms with E-state index >= 15 is 0 Å². The van der Waals surface area contributed by atoms with Crippen LogP contribution >= 0.6 is 11.3 Å². The normalized spacial score (nSPS) is 17.0. The van der Waals surface area contributed by atoms with E-state index in [9.17, 15) is 14.4 Å². The second-order valence-electron chi connectivity index (χ2n) is 5.47. The number of benzene rings is 1. The number of amides is 4. The van der Waals surface area contributed by atoms with Gasteiger partial charge in [-0.25, -0.2) is 4.79 Å². The molecule has 2 aromatic rings. The molecular formula is C17H17N3O3S. The molecule has 0 radical (unpaired) electrons. The van der Waals surface area contributed by atoms with Crippen LogP contribution in [0.25, 0.3) is 0 Å². The maximum atomic E-state index is 12.4. The second kappa shape index (κ2) is 7.27. The predicted octanol–water partition coefficient (Wildman–Crippen LogP) is 1.53. The van der Waals surface area contributed by atoms with Crippen LogP contribution < -0.4 is 10.6 Å². The number of carbonyl (C=O) groups excluding carboxylic acids is 3. The Bertz CT molecular complexity index is 731. The molecule has 0 unspecified atom stereocenters. The fourth-order valence-corrected chi connectivity index (χ4v) is 3.16. The van der Waals surface area contributed by atoms with Gasteiger partial charge in [-0.3, -0.25) is 14.5 Å². The summed E-state index contributed by atoms with van der Waals surface area (Å²) in [6, 6.07) is 12.1. The predicted molar refractivity (Wildman–Crippen MR) is 90.3 cm³/mol. The first kappa shape index (κ1) is 16.2. The van der Waals surface area contributed by atoms with Crippen molar-refractivity contribution < 1.29 is 14.4 Å². The minimum atomic E-state index is -0.620. The van der Waals surface area contributed by atoms with E-state index < -0.39 is 12.1 Å². The highest BCUT2D eigenvalue weighted by Gasteiger charge is 2.38. The zero-order chi connectivity index (χ0) is 16.9. The number of rotatable bonds is 6. The highest BCUT2D eigenvalue weighted by molar-refractivity contribution is 7.09. The van der Waals surface area contributed by atoms with E-state index in [1.54, 1.807) is 0 Å². The molecule has 0 aliphatic carbocycles. The Balaban J connectivity index is 1.55. The third kappa shape index (κ3) is 3.80. The summed E-state index contributed by atoms with van der Waals surface area (Å²) in [7, 11) is 0. The number of hydrogen-bond acceptors (Lipinski definition) is 4. The number of nitrogens with one attached hydrogen (secondary N) is 2. The van der Waals surface area contributed by atoms with Crippen LogP contribution in [0.4, 0.5) is 4.79 Å². The molecule has 6 nitrogen and oxygen atoms in total. The maximum absolute atomic E-state index is 12.4. The van der Waals surface area contributed by atoms with E-state index in [-0.39, 0.29) is 18.4 Å². The molecule has 0 saturated carbocycles. The molecule has 0 bridgehead atoms. The van der Waals surface area contributed by atoms with E-state index in [1.807, 2.05) is 47.8 Å². The first-order valence-electron chi connectivity index (χ1n) is 7.58. The van der Waals surface area contributed by atoms with E-state index in [4.69, 9.17) is 0 Å². The fraction of sp³-hybridized carbons (Fsp3) is 0.235. The maximum Gasteiger partial charge on any atom is 0.325 e. The van der Waals surface area contributed by atoms with Crippen LogP contribution in [0.15, 0.2) is 47.8 Å². The van der Waals surface area contributed by atoms with Gasteiger partial charge in [-0.2, -0.15) is 0 Å². The topological polar surface area (TPSA) is 78.5 Å². The molecule has 1 atom stereocenters. The number of nitrogens with zero attached hydrogens (tertiary/aromatic N) is 1. The van der Waals surface area contributed by atoms with Crippen LogP contribution in [0.1, 0.15) is 10.4 Å². The minimum absolute atomic E-state index is 0.263. The number of imide groups is 1. The molecule has 1 saturated heterocycles. The zero-order valence-electron chi connectivity index (χ0n) is 12.9. The Morgan fingerprint density at radius 3 is 2.67 bits per heavy atom. The SMILES string of the molecule is O=C(CN1C(=O)N[C@@H](Cc2ccccc2)C1=O)NCc1cccs1. The van der Waals surface area contributed by atoms with Crippen molar-refractivity contribution in [3.05, 3.63) is 58.3 Å². The summed E-state index contributed by atoms with van der Waals surface area (Å²) < 4.78 is 0. The number of hydrogen-bond donors (Lipinski definition) is 2.